The number of halogens is 2. The number of hydrogen-bond donors (Lipinski definition) is 3. The molecular weight excluding hydrogens is 477 g/mol. The lowest BCUT2D eigenvalue weighted by molar-refractivity contribution is 0.0308. The van der Waals surface area contributed by atoms with E-state index >= 15 is 0 Å². The number of nitrogens with zero attached hydrogens (tertiary/aromatic N) is 1. The van der Waals surface area contributed by atoms with Crippen LogP contribution in [-0.2, 0) is 17.9 Å². The van der Waals surface area contributed by atoms with Gasteiger partial charge in [-0.2, -0.15) is 0 Å². The minimum atomic E-state index is -0.613. The predicted molar refractivity (Wildman–Crippen MR) is 122 cm³/mol. The molecule has 0 radical (unpaired) electrons. The summed E-state index contributed by atoms with van der Waals surface area (Å²) in [6, 6.07) is 17.5. The highest BCUT2D eigenvalue weighted by molar-refractivity contribution is 14.0. The van der Waals surface area contributed by atoms with Gasteiger partial charge in [-0.05, 0) is 30.2 Å². The molecule has 7 heteroatoms. The number of guanidine groups is 1. The van der Waals surface area contributed by atoms with Gasteiger partial charge in [-0.3, -0.25) is 0 Å². The first kappa shape index (κ1) is 23.7. The Morgan fingerprint density at radius 3 is 2.44 bits per heavy atom. The van der Waals surface area contributed by atoms with Crippen molar-refractivity contribution in [1.82, 2.24) is 10.6 Å². The van der Waals surface area contributed by atoms with Crippen molar-refractivity contribution in [3.63, 3.8) is 0 Å². The molecule has 0 fully saturated rings. The highest BCUT2D eigenvalue weighted by atomic mass is 127. The molecule has 0 aromatic heterocycles. The third-order valence-electron chi connectivity index (χ3n) is 3.60. The zero-order valence-corrected chi connectivity index (χ0v) is 18.5. The van der Waals surface area contributed by atoms with Gasteiger partial charge in [0.2, 0.25) is 0 Å². The number of nitrogens with one attached hydrogen (secondary N) is 2. The largest absolute Gasteiger partial charge is 0.389 e. The average Bonchev–Trinajstić information content (AvgIpc) is 2.66. The second-order valence-corrected chi connectivity index (χ2v) is 6.29. The zero-order valence-electron chi connectivity index (χ0n) is 15.4. The van der Waals surface area contributed by atoms with Crippen molar-refractivity contribution in [2.45, 2.75) is 26.2 Å². The summed E-state index contributed by atoms with van der Waals surface area (Å²) in [5.41, 5.74) is 2.16. The second kappa shape index (κ2) is 13.8. The van der Waals surface area contributed by atoms with Gasteiger partial charge < -0.3 is 20.5 Å². The molecule has 5 nitrogen and oxygen atoms in total. The van der Waals surface area contributed by atoms with Crippen molar-refractivity contribution in [3.8, 4) is 0 Å². The summed E-state index contributed by atoms with van der Waals surface area (Å²) < 4.78 is 5.55. The third-order valence-corrected chi connectivity index (χ3v) is 3.86. The fraction of sp³-hybridized carbons (Fsp3) is 0.350. The summed E-state index contributed by atoms with van der Waals surface area (Å²) in [5.74, 6) is 0.657. The van der Waals surface area contributed by atoms with Crippen LogP contribution in [0.2, 0.25) is 5.02 Å². The summed E-state index contributed by atoms with van der Waals surface area (Å²) in [6.07, 6.45) is -0.613. The molecule has 0 amide bonds. The van der Waals surface area contributed by atoms with Gasteiger partial charge in [0.25, 0.3) is 0 Å². The van der Waals surface area contributed by atoms with Gasteiger partial charge in [0.15, 0.2) is 5.96 Å². The van der Waals surface area contributed by atoms with Gasteiger partial charge in [0, 0.05) is 18.1 Å². The summed E-state index contributed by atoms with van der Waals surface area (Å²) >= 11 is 5.89. The number of benzene rings is 2. The Hall–Kier alpha value is -1.35. The minimum absolute atomic E-state index is 0. The van der Waals surface area contributed by atoms with E-state index < -0.39 is 6.10 Å². The standard InChI is InChI=1S/C20H26ClN3O2.HI/c1-2-22-20(23-12-16-8-10-18(21)11-9-16)24-13-19(25)15-26-14-17-6-4-3-5-7-17;/h3-11,19,25H,2,12-15H2,1H3,(H2,22,23,24);1H. The van der Waals surface area contributed by atoms with Gasteiger partial charge >= 0.3 is 0 Å². The van der Waals surface area contributed by atoms with E-state index in [-0.39, 0.29) is 30.6 Å². The van der Waals surface area contributed by atoms with E-state index in [4.69, 9.17) is 16.3 Å². The fourth-order valence-corrected chi connectivity index (χ4v) is 2.39. The molecule has 0 bridgehead atoms. The van der Waals surface area contributed by atoms with Crippen LogP contribution >= 0.6 is 35.6 Å². The number of ether oxygens (including phenoxy) is 1. The van der Waals surface area contributed by atoms with Gasteiger partial charge in [-0.25, -0.2) is 4.99 Å². The van der Waals surface area contributed by atoms with Crippen LogP contribution in [0, 0.1) is 0 Å². The van der Waals surface area contributed by atoms with Crippen molar-refractivity contribution in [3.05, 3.63) is 70.7 Å². The molecule has 0 saturated carbocycles. The van der Waals surface area contributed by atoms with Gasteiger partial charge in [0.1, 0.15) is 0 Å². The van der Waals surface area contributed by atoms with Crippen LogP contribution < -0.4 is 10.6 Å². The van der Waals surface area contributed by atoms with Gasteiger partial charge in [0.05, 0.1) is 25.9 Å². The molecular formula is C20H27ClIN3O2. The lowest BCUT2D eigenvalue weighted by Gasteiger charge is -2.15. The molecule has 0 saturated heterocycles. The number of aliphatic imine (C=N–C) groups is 1. The molecule has 3 N–H and O–H groups in total. The van der Waals surface area contributed by atoms with E-state index in [0.29, 0.717) is 30.7 Å². The number of aliphatic hydroxyl groups is 1. The first-order valence-electron chi connectivity index (χ1n) is 8.73. The van der Waals surface area contributed by atoms with Crippen molar-refractivity contribution >= 4 is 41.5 Å². The van der Waals surface area contributed by atoms with E-state index in [2.05, 4.69) is 15.6 Å². The summed E-state index contributed by atoms with van der Waals surface area (Å²) in [7, 11) is 0. The Morgan fingerprint density at radius 2 is 1.78 bits per heavy atom. The maximum atomic E-state index is 10.1. The molecule has 1 atom stereocenters. The molecule has 0 aliphatic heterocycles. The SMILES string of the molecule is CCNC(=NCc1ccc(Cl)cc1)NCC(O)COCc1ccccc1.I. The fourth-order valence-electron chi connectivity index (χ4n) is 2.26. The first-order valence-corrected chi connectivity index (χ1v) is 9.11. The molecule has 2 rings (SSSR count). The van der Waals surface area contributed by atoms with Crippen molar-refractivity contribution in [2.75, 3.05) is 19.7 Å². The Balaban J connectivity index is 0.00000364. The molecule has 27 heavy (non-hydrogen) atoms. The van der Waals surface area contributed by atoms with E-state index in [1.54, 1.807) is 0 Å². The van der Waals surface area contributed by atoms with E-state index in [1.165, 1.54) is 0 Å². The Morgan fingerprint density at radius 1 is 1.07 bits per heavy atom. The van der Waals surface area contributed by atoms with Crippen LogP contribution in [0.15, 0.2) is 59.6 Å². The summed E-state index contributed by atoms with van der Waals surface area (Å²) in [5, 5.41) is 17.1. The van der Waals surface area contributed by atoms with E-state index in [0.717, 1.165) is 17.7 Å². The highest BCUT2D eigenvalue weighted by Crippen LogP contribution is 2.10. The maximum Gasteiger partial charge on any atom is 0.191 e. The predicted octanol–water partition coefficient (Wildman–Crippen LogP) is 3.59. The Labute approximate surface area is 183 Å². The quantitative estimate of drug-likeness (QED) is 0.278. The first-order chi connectivity index (χ1) is 12.7. The van der Waals surface area contributed by atoms with Crippen LogP contribution in [0.4, 0.5) is 0 Å². The molecule has 0 aliphatic rings. The van der Waals surface area contributed by atoms with Crippen LogP contribution in [0.25, 0.3) is 0 Å². The molecule has 1 unspecified atom stereocenters. The third kappa shape index (κ3) is 9.95. The van der Waals surface area contributed by atoms with Crippen molar-refractivity contribution < 1.29 is 9.84 Å². The van der Waals surface area contributed by atoms with Crippen LogP contribution in [0.1, 0.15) is 18.1 Å². The normalized spacial score (nSPS) is 12.2. The lowest BCUT2D eigenvalue weighted by atomic mass is 10.2. The highest BCUT2D eigenvalue weighted by Gasteiger charge is 2.06. The zero-order chi connectivity index (χ0) is 18.6. The second-order valence-electron chi connectivity index (χ2n) is 5.86. The van der Waals surface area contributed by atoms with Crippen molar-refractivity contribution in [2.24, 2.45) is 4.99 Å². The number of aliphatic hydroxyl groups excluding tert-OH is 1. The topological polar surface area (TPSA) is 65.9 Å². The number of hydrogen-bond acceptors (Lipinski definition) is 3. The monoisotopic (exact) mass is 503 g/mol. The van der Waals surface area contributed by atoms with Crippen LogP contribution in [-0.4, -0.2) is 36.9 Å². The van der Waals surface area contributed by atoms with E-state index in [1.807, 2.05) is 61.5 Å². The van der Waals surface area contributed by atoms with Gasteiger partial charge in [-0.15, -0.1) is 24.0 Å². The van der Waals surface area contributed by atoms with Crippen molar-refractivity contribution in [1.29, 1.82) is 0 Å². The van der Waals surface area contributed by atoms with E-state index in [9.17, 15) is 5.11 Å². The lowest BCUT2D eigenvalue weighted by Crippen LogP contribution is -2.42. The Bertz CT molecular complexity index is 669. The van der Waals surface area contributed by atoms with Crippen LogP contribution in [0.3, 0.4) is 0 Å². The minimum Gasteiger partial charge on any atom is -0.389 e. The molecule has 0 spiro atoms. The molecule has 0 aliphatic carbocycles. The Kier molecular flexibility index (Phi) is 12.1. The molecule has 0 heterocycles. The smallest absolute Gasteiger partial charge is 0.191 e. The summed E-state index contributed by atoms with van der Waals surface area (Å²) in [4.78, 5) is 4.51. The maximum absolute atomic E-state index is 10.1. The van der Waals surface area contributed by atoms with Crippen LogP contribution in [0.5, 0.6) is 0 Å². The number of rotatable bonds is 9. The molecule has 2 aromatic carbocycles. The molecule has 2 aromatic rings. The summed E-state index contributed by atoms with van der Waals surface area (Å²) in [6.45, 7) is 4.39. The van der Waals surface area contributed by atoms with Gasteiger partial charge in [-0.1, -0.05) is 54.1 Å². The average molecular weight is 504 g/mol. The molecule has 148 valence electrons.